The van der Waals surface area contributed by atoms with E-state index in [-0.39, 0.29) is 0 Å². The molecule has 1 heterocycles. The lowest BCUT2D eigenvalue weighted by Gasteiger charge is -2.01. The lowest BCUT2D eigenvalue weighted by Crippen LogP contribution is -2.03. The fraction of sp³-hybridized carbons (Fsp3) is 0. The van der Waals surface area contributed by atoms with Gasteiger partial charge in [-0.25, -0.2) is 4.79 Å². The molecule has 0 amide bonds. The summed E-state index contributed by atoms with van der Waals surface area (Å²) in [5.41, 5.74) is 2.40. The zero-order valence-electron chi connectivity index (χ0n) is 13.1. The summed E-state index contributed by atoms with van der Waals surface area (Å²) < 4.78 is 11.2. The van der Waals surface area contributed by atoms with Gasteiger partial charge in [0.05, 0.1) is 0 Å². The van der Waals surface area contributed by atoms with Crippen molar-refractivity contribution in [1.29, 1.82) is 0 Å². The number of carbonyl (C=O) groups is 1. The zero-order chi connectivity index (χ0) is 17.2. The minimum Gasteiger partial charge on any atom is -0.456 e. The summed E-state index contributed by atoms with van der Waals surface area (Å²) in [6.07, 6.45) is 3.04. The fourth-order valence-corrected chi connectivity index (χ4v) is 2.89. The lowest BCUT2D eigenvalue weighted by atomic mass is 10.1. The van der Waals surface area contributed by atoms with E-state index in [1.807, 2.05) is 42.5 Å². The molecule has 25 heavy (non-hydrogen) atoms. The Bertz CT molecular complexity index is 1110. The van der Waals surface area contributed by atoms with Crippen molar-refractivity contribution in [3.05, 3.63) is 83.4 Å². The topological polar surface area (TPSA) is 39.4 Å². The highest BCUT2D eigenvalue weighted by Crippen LogP contribution is 2.31. The number of benzene rings is 3. The van der Waals surface area contributed by atoms with E-state index < -0.39 is 5.97 Å². The number of esters is 1. The summed E-state index contributed by atoms with van der Waals surface area (Å²) >= 11 is 5.92. The second-order valence-electron chi connectivity index (χ2n) is 5.57. The standard InChI is InChI=1S/C21H13ClO3/c22-15-5-3-4-14(12-15)8-11-21(23)24-16-9-10-20-18(13-16)17-6-1-2-7-19(17)25-20/h1-13H/b11-8+. The minimum atomic E-state index is -0.452. The molecular weight excluding hydrogens is 336 g/mol. The third-order valence-corrected chi connectivity index (χ3v) is 4.06. The molecule has 4 heteroatoms. The summed E-state index contributed by atoms with van der Waals surface area (Å²) in [5.74, 6) is 0.0203. The number of rotatable bonds is 3. The number of para-hydroxylation sites is 1. The van der Waals surface area contributed by atoms with Gasteiger partial charge in [0.2, 0.25) is 0 Å². The minimum absolute atomic E-state index is 0.452. The summed E-state index contributed by atoms with van der Waals surface area (Å²) in [6.45, 7) is 0. The molecule has 3 nitrogen and oxygen atoms in total. The Morgan fingerprint density at radius 3 is 2.64 bits per heavy atom. The molecule has 0 fully saturated rings. The van der Waals surface area contributed by atoms with Crippen LogP contribution in [0.25, 0.3) is 28.0 Å². The van der Waals surface area contributed by atoms with E-state index in [4.69, 9.17) is 20.8 Å². The van der Waals surface area contributed by atoms with E-state index in [0.29, 0.717) is 10.8 Å². The number of hydrogen-bond acceptors (Lipinski definition) is 3. The summed E-state index contributed by atoms with van der Waals surface area (Å²) in [6, 6.07) is 20.3. The van der Waals surface area contributed by atoms with E-state index in [1.54, 1.807) is 30.3 Å². The van der Waals surface area contributed by atoms with E-state index in [9.17, 15) is 4.79 Å². The molecule has 1 aromatic heterocycles. The number of ether oxygens (including phenoxy) is 1. The van der Waals surface area contributed by atoms with Gasteiger partial charge >= 0.3 is 5.97 Å². The van der Waals surface area contributed by atoms with Crippen LogP contribution in [-0.4, -0.2) is 5.97 Å². The van der Waals surface area contributed by atoms with Gasteiger partial charge in [0.1, 0.15) is 16.9 Å². The zero-order valence-corrected chi connectivity index (χ0v) is 13.9. The van der Waals surface area contributed by atoms with Crippen LogP contribution in [0.1, 0.15) is 5.56 Å². The number of fused-ring (bicyclic) bond motifs is 3. The van der Waals surface area contributed by atoms with Crippen molar-refractivity contribution in [2.75, 3.05) is 0 Å². The Hall–Kier alpha value is -3.04. The molecule has 0 bridgehead atoms. The Kier molecular flexibility index (Phi) is 4.00. The molecule has 4 rings (SSSR count). The first-order valence-electron chi connectivity index (χ1n) is 7.76. The molecule has 0 N–H and O–H groups in total. The predicted molar refractivity (Wildman–Crippen MR) is 99.8 cm³/mol. The largest absolute Gasteiger partial charge is 0.456 e. The van der Waals surface area contributed by atoms with Crippen molar-refractivity contribution < 1.29 is 13.9 Å². The Balaban J connectivity index is 1.57. The molecule has 0 aliphatic rings. The normalized spacial score (nSPS) is 11.4. The van der Waals surface area contributed by atoms with Crippen LogP contribution in [0.4, 0.5) is 0 Å². The Labute approximate surface area is 149 Å². The van der Waals surface area contributed by atoms with Crippen LogP contribution < -0.4 is 4.74 Å². The number of carbonyl (C=O) groups excluding carboxylic acids is 1. The smallest absolute Gasteiger partial charge is 0.336 e. The average molecular weight is 349 g/mol. The van der Waals surface area contributed by atoms with Crippen molar-refractivity contribution in [2.24, 2.45) is 0 Å². The molecule has 0 aliphatic heterocycles. The SMILES string of the molecule is O=C(/C=C/c1cccc(Cl)c1)Oc1ccc2oc3ccccc3c2c1. The van der Waals surface area contributed by atoms with Crippen LogP contribution in [0, 0.1) is 0 Å². The molecule has 4 aromatic rings. The maximum Gasteiger partial charge on any atom is 0.336 e. The predicted octanol–water partition coefficient (Wildman–Crippen LogP) is 5.86. The summed E-state index contributed by atoms with van der Waals surface area (Å²) in [5, 5.41) is 2.53. The maximum atomic E-state index is 12.0. The average Bonchev–Trinajstić information content (AvgIpc) is 2.98. The van der Waals surface area contributed by atoms with Gasteiger partial charge in [-0.1, -0.05) is 41.9 Å². The molecule has 3 aromatic carbocycles. The van der Waals surface area contributed by atoms with Crippen LogP contribution in [0.5, 0.6) is 5.75 Å². The van der Waals surface area contributed by atoms with Gasteiger partial charge in [-0.05, 0) is 48.0 Å². The molecule has 0 saturated carbocycles. The molecule has 0 aliphatic carbocycles. The molecule has 0 atom stereocenters. The third kappa shape index (κ3) is 3.28. The van der Waals surface area contributed by atoms with E-state index in [2.05, 4.69) is 0 Å². The van der Waals surface area contributed by atoms with Crippen LogP contribution in [0.2, 0.25) is 5.02 Å². The van der Waals surface area contributed by atoms with Crippen molar-refractivity contribution in [3.8, 4) is 5.75 Å². The maximum absolute atomic E-state index is 12.0. The molecule has 0 unspecified atom stereocenters. The van der Waals surface area contributed by atoms with Gasteiger partial charge in [-0.15, -0.1) is 0 Å². The van der Waals surface area contributed by atoms with Crippen LogP contribution in [0.3, 0.4) is 0 Å². The highest BCUT2D eigenvalue weighted by atomic mass is 35.5. The van der Waals surface area contributed by atoms with Gasteiger partial charge < -0.3 is 9.15 Å². The van der Waals surface area contributed by atoms with Crippen molar-refractivity contribution in [1.82, 2.24) is 0 Å². The first-order chi connectivity index (χ1) is 12.2. The van der Waals surface area contributed by atoms with Crippen LogP contribution in [-0.2, 0) is 4.79 Å². The summed E-state index contributed by atoms with van der Waals surface area (Å²) in [4.78, 5) is 12.0. The fourth-order valence-electron chi connectivity index (χ4n) is 2.69. The number of halogens is 1. The van der Waals surface area contributed by atoms with Gasteiger partial charge in [0.15, 0.2) is 0 Å². The van der Waals surface area contributed by atoms with Gasteiger partial charge in [0, 0.05) is 21.9 Å². The Morgan fingerprint density at radius 1 is 0.920 bits per heavy atom. The molecule has 0 spiro atoms. The Morgan fingerprint density at radius 2 is 1.76 bits per heavy atom. The van der Waals surface area contributed by atoms with Crippen LogP contribution in [0.15, 0.2) is 77.2 Å². The van der Waals surface area contributed by atoms with E-state index >= 15 is 0 Å². The highest BCUT2D eigenvalue weighted by molar-refractivity contribution is 6.30. The number of furan rings is 1. The second kappa shape index (κ2) is 6.46. The van der Waals surface area contributed by atoms with Gasteiger partial charge in [-0.3, -0.25) is 0 Å². The van der Waals surface area contributed by atoms with Gasteiger partial charge in [-0.2, -0.15) is 0 Å². The summed E-state index contributed by atoms with van der Waals surface area (Å²) in [7, 11) is 0. The van der Waals surface area contributed by atoms with E-state index in [1.165, 1.54) is 6.08 Å². The van der Waals surface area contributed by atoms with Crippen molar-refractivity contribution >= 4 is 45.6 Å². The molecule has 0 radical (unpaired) electrons. The van der Waals surface area contributed by atoms with E-state index in [0.717, 1.165) is 27.5 Å². The first-order valence-corrected chi connectivity index (χ1v) is 8.14. The van der Waals surface area contributed by atoms with Crippen LogP contribution >= 0.6 is 11.6 Å². The molecule has 122 valence electrons. The quantitative estimate of drug-likeness (QED) is 0.264. The third-order valence-electron chi connectivity index (χ3n) is 3.83. The lowest BCUT2D eigenvalue weighted by molar-refractivity contribution is -0.128. The van der Waals surface area contributed by atoms with Gasteiger partial charge in [0.25, 0.3) is 0 Å². The first kappa shape index (κ1) is 15.5. The molecule has 0 saturated heterocycles. The second-order valence-corrected chi connectivity index (χ2v) is 6.00. The molecular formula is C21H13ClO3. The highest BCUT2D eigenvalue weighted by Gasteiger charge is 2.08. The van der Waals surface area contributed by atoms with Crippen molar-refractivity contribution in [2.45, 2.75) is 0 Å². The monoisotopic (exact) mass is 348 g/mol. The number of hydrogen-bond donors (Lipinski definition) is 0. The van der Waals surface area contributed by atoms with Crippen molar-refractivity contribution in [3.63, 3.8) is 0 Å².